The third-order valence-corrected chi connectivity index (χ3v) is 4.77. The van der Waals surface area contributed by atoms with Gasteiger partial charge in [-0.25, -0.2) is 0 Å². The van der Waals surface area contributed by atoms with E-state index in [1.807, 2.05) is 19.2 Å². The number of rotatable bonds is 4. The van der Waals surface area contributed by atoms with Gasteiger partial charge in [0.2, 0.25) is 5.89 Å². The summed E-state index contributed by atoms with van der Waals surface area (Å²) in [6.45, 7) is 0. The lowest BCUT2D eigenvalue weighted by atomic mass is 10.0. The Hall–Kier alpha value is -1.10. The minimum atomic E-state index is 0.324. The largest absolute Gasteiger partial charge is 0.339 e. The molecule has 21 heavy (non-hydrogen) atoms. The number of nitrogens with zero attached hydrogens (tertiary/aromatic N) is 2. The van der Waals surface area contributed by atoms with Gasteiger partial charge < -0.3 is 9.84 Å². The van der Waals surface area contributed by atoms with Gasteiger partial charge in [0, 0.05) is 12.5 Å². The Balaban J connectivity index is 1.74. The molecule has 0 saturated heterocycles. The third kappa shape index (κ3) is 3.23. The normalized spacial score (nSPS) is 21.9. The van der Waals surface area contributed by atoms with Crippen LogP contribution in [-0.2, 0) is 6.42 Å². The second-order valence-electron chi connectivity index (χ2n) is 5.41. The lowest BCUT2D eigenvalue weighted by molar-refractivity contribution is 0.332. The summed E-state index contributed by atoms with van der Waals surface area (Å²) >= 11 is 11.9. The number of likely N-dealkylation sites (N-methyl/N-ethyl adjacent to an activating group) is 1. The van der Waals surface area contributed by atoms with Crippen LogP contribution >= 0.6 is 23.2 Å². The molecule has 0 radical (unpaired) electrons. The van der Waals surface area contributed by atoms with Gasteiger partial charge >= 0.3 is 0 Å². The maximum absolute atomic E-state index is 6.02. The Labute approximate surface area is 133 Å². The second kappa shape index (κ2) is 6.34. The predicted molar refractivity (Wildman–Crippen MR) is 83.0 cm³/mol. The van der Waals surface area contributed by atoms with Gasteiger partial charge in [0.1, 0.15) is 0 Å². The average molecular weight is 326 g/mol. The molecule has 2 aromatic rings. The number of halogens is 2. The highest BCUT2D eigenvalue weighted by molar-refractivity contribution is 6.42. The maximum atomic E-state index is 6.02. The lowest BCUT2D eigenvalue weighted by Crippen LogP contribution is -2.27. The van der Waals surface area contributed by atoms with E-state index in [9.17, 15) is 0 Å². The molecule has 112 valence electrons. The second-order valence-corrected chi connectivity index (χ2v) is 6.22. The number of hydrogen-bond donors (Lipinski definition) is 1. The van der Waals surface area contributed by atoms with Crippen LogP contribution in [-0.4, -0.2) is 23.2 Å². The summed E-state index contributed by atoms with van der Waals surface area (Å²) in [6.07, 6.45) is 4.05. The van der Waals surface area contributed by atoms with Gasteiger partial charge in [-0.1, -0.05) is 40.8 Å². The molecule has 1 aliphatic carbocycles. The monoisotopic (exact) mass is 325 g/mol. The Kier molecular flexibility index (Phi) is 4.48. The zero-order valence-corrected chi connectivity index (χ0v) is 13.3. The van der Waals surface area contributed by atoms with Crippen molar-refractivity contribution < 1.29 is 4.52 Å². The SMILES string of the molecule is CNC1CCCC1c1nc(Cc2ccc(Cl)c(Cl)c2)no1. The number of aromatic nitrogens is 2. The van der Waals surface area contributed by atoms with Crippen molar-refractivity contribution in [3.8, 4) is 0 Å². The predicted octanol–water partition coefficient (Wildman–Crippen LogP) is 3.82. The van der Waals surface area contributed by atoms with Crippen molar-refractivity contribution in [1.82, 2.24) is 15.5 Å². The first-order valence-corrected chi connectivity index (χ1v) is 7.86. The number of hydrogen-bond acceptors (Lipinski definition) is 4. The highest BCUT2D eigenvalue weighted by Gasteiger charge is 2.31. The van der Waals surface area contributed by atoms with Crippen molar-refractivity contribution >= 4 is 23.2 Å². The van der Waals surface area contributed by atoms with E-state index in [-0.39, 0.29) is 0 Å². The molecular weight excluding hydrogens is 309 g/mol. The van der Waals surface area contributed by atoms with Crippen LogP contribution in [0.4, 0.5) is 0 Å². The Morgan fingerprint density at radius 2 is 2.14 bits per heavy atom. The molecule has 1 aromatic carbocycles. The van der Waals surface area contributed by atoms with E-state index in [0.29, 0.717) is 34.3 Å². The highest BCUT2D eigenvalue weighted by atomic mass is 35.5. The van der Waals surface area contributed by atoms with Gasteiger partial charge in [-0.05, 0) is 37.6 Å². The molecule has 2 unspecified atom stereocenters. The fraction of sp³-hybridized carbons (Fsp3) is 0.467. The molecule has 1 fully saturated rings. The third-order valence-electron chi connectivity index (χ3n) is 4.03. The van der Waals surface area contributed by atoms with Crippen LogP contribution in [0.2, 0.25) is 10.0 Å². The summed E-state index contributed by atoms with van der Waals surface area (Å²) in [6, 6.07) is 5.99. The molecule has 0 bridgehead atoms. The molecule has 1 aliphatic rings. The van der Waals surface area contributed by atoms with E-state index < -0.39 is 0 Å². The molecule has 1 N–H and O–H groups in total. The van der Waals surface area contributed by atoms with E-state index in [0.717, 1.165) is 24.3 Å². The van der Waals surface area contributed by atoms with Crippen LogP contribution in [0.3, 0.4) is 0 Å². The van der Waals surface area contributed by atoms with Crippen LogP contribution < -0.4 is 5.32 Å². The molecule has 0 aliphatic heterocycles. The minimum absolute atomic E-state index is 0.324. The quantitative estimate of drug-likeness (QED) is 0.928. The first kappa shape index (κ1) is 14.8. The summed E-state index contributed by atoms with van der Waals surface area (Å²) in [5.74, 6) is 1.75. The highest BCUT2D eigenvalue weighted by Crippen LogP contribution is 2.33. The van der Waals surface area contributed by atoms with Gasteiger partial charge in [-0.15, -0.1) is 0 Å². The van der Waals surface area contributed by atoms with Gasteiger partial charge in [-0.2, -0.15) is 4.98 Å². The zero-order chi connectivity index (χ0) is 14.8. The van der Waals surface area contributed by atoms with Crippen LogP contribution in [0.25, 0.3) is 0 Å². The fourth-order valence-corrected chi connectivity index (χ4v) is 3.24. The van der Waals surface area contributed by atoms with Crippen molar-refractivity contribution in [3.05, 3.63) is 45.5 Å². The summed E-state index contributed by atoms with van der Waals surface area (Å²) in [5, 5.41) is 8.51. The van der Waals surface area contributed by atoms with Crippen LogP contribution in [0.5, 0.6) is 0 Å². The van der Waals surface area contributed by atoms with E-state index in [1.165, 1.54) is 6.42 Å². The summed E-state index contributed by atoms with van der Waals surface area (Å²) in [5.41, 5.74) is 1.02. The van der Waals surface area contributed by atoms with Crippen molar-refractivity contribution in [1.29, 1.82) is 0 Å². The van der Waals surface area contributed by atoms with Crippen LogP contribution in [0.15, 0.2) is 22.7 Å². The summed E-state index contributed by atoms with van der Waals surface area (Å²) in [4.78, 5) is 4.54. The number of nitrogens with one attached hydrogen (secondary N) is 1. The fourth-order valence-electron chi connectivity index (χ4n) is 2.92. The molecular formula is C15H17Cl2N3O. The van der Waals surface area contributed by atoms with Gasteiger partial charge in [0.15, 0.2) is 5.82 Å². The Bertz CT molecular complexity index is 629. The molecule has 1 aromatic heterocycles. The topological polar surface area (TPSA) is 51.0 Å². The molecule has 3 rings (SSSR count). The van der Waals surface area contributed by atoms with E-state index in [1.54, 1.807) is 6.07 Å². The smallest absolute Gasteiger partial charge is 0.231 e. The van der Waals surface area contributed by atoms with Crippen LogP contribution in [0, 0.1) is 0 Å². The molecule has 1 saturated carbocycles. The zero-order valence-electron chi connectivity index (χ0n) is 11.8. The molecule has 0 amide bonds. The van der Waals surface area contributed by atoms with E-state index in [4.69, 9.17) is 27.7 Å². The van der Waals surface area contributed by atoms with Crippen molar-refractivity contribution in [2.24, 2.45) is 0 Å². The Morgan fingerprint density at radius 3 is 2.90 bits per heavy atom. The Morgan fingerprint density at radius 1 is 1.29 bits per heavy atom. The molecule has 0 spiro atoms. The van der Waals surface area contributed by atoms with Gasteiger partial charge in [0.25, 0.3) is 0 Å². The van der Waals surface area contributed by atoms with E-state index >= 15 is 0 Å². The first-order chi connectivity index (χ1) is 10.2. The first-order valence-electron chi connectivity index (χ1n) is 7.11. The molecule has 6 heteroatoms. The standard InChI is InChI=1S/C15H17Cl2N3O/c1-18-13-4-2-3-10(13)15-19-14(20-21-15)8-9-5-6-11(16)12(17)7-9/h5-7,10,13,18H,2-4,8H2,1H3. The molecule has 2 atom stereocenters. The lowest BCUT2D eigenvalue weighted by Gasteiger charge is -2.14. The number of benzene rings is 1. The summed E-state index contributed by atoms with van der Waals surface area (Å²) < 4.78 is 5.45. The summed E-state index contributed by atoms with van der Waals surface area (Å²) in [7, 11) is 1.98. The van der Waals surface area contributed by atoms with Crippen molar-refractivity contribution in [3.63, 3.8) is 0 Å². The van der Waals surface area contributed by atoms with Gasteiger partial charge in [0.05, 0.1) is 16.0 Å². The van der Waals surface area contributed by atoms with Crippen molar-refractivity contribution in [2.45, 2.75) is 37.6 Å². The average Bonchev–Trinajstić information content (AvgIpc) is 3.11. The van der Waals surface area contributed by atoms with Crippen molar-refractivity contribution in [2.75, 3.05) is 7.05 Å². The van der Waals surface area contributed by atoms with Crippen LogP contribution in [0.1, 0.15) is 42.5 Å². The van der Waals surface area contributed by atoms with E-state index in [2.05, 4.69) is 15.5 Å². The molecule has 1 heterocycles. The van der Waals surface area contributed by atoms with Gasteiger partial charge in [-0.3, -0.25) is 0 Å². The maximum Gasteiger partial charge on any atom is 0.231 e. The molecule has 4 nitrogen and oxygen atoms in total. The minimum Gasteiger partial charge on any atom is -0.339 e.